The van der Waals surface area contributed by atoms with Crippen molar-refractivity contribution in [2.75, 3.05) is 0 Å². The number of carbonyl (C=O) groups excluding carboxylic acids is 1. The summed E-state index contributed by atoms with van der Waals surface area (Å²) in [6, 6.07) is 5.99. The number of nitrogens with one attached hydrogen (secondary N) is 1. The van der Waals surface area contributed by atoms with Crippen LogP contribution >= 0.6 is 0 Å². The summed E-state index contributed by atoms with van der Waals surface area (Å²) >= 11 is 0. The average Bonchev–Trinajstić information content (AvgIpc) is 2.75. The second kappa shape index (κ2) is 4.63. The first-order chi connectivity index (χ1) is 7.70. The molecule has 1 amide bonds. The van der Waals surface area contributed by atoms with Crippen LogP contribution in [-0.2, 0) is 17.6 Å². The maximum absolute atomic E-state index is 11.1. The third-order valence-corrected chi connectivity index (χ3v) is 3.12. The first-order valence-corrected chi connectivity index (χ1v) is 5.57. The Morgan fingerprint density at radius 1 is 1.38 bits per heavy atom. The molecule has 1 aliphatic rings. The summed E-state index contributed by atoms with van der Waals surface area (Å²) in [5.41, 5.74) is 11.9. The zero-order valence-corrected chi connectivity index (χ0v) is 9.20. The molecular weight excluding hydrogens is 202 g/mol. The molecular formula is C12H17N3O. The van der Waals surface area contributed by atoms with Crippen molar-refractivity contribution >= 4 is 5.91 Å². The van der Waals surface area contributed by atoms with E-state index >= 15 is 0 Å². The zero-order chi connectivity index (χ0) is 11.5. The highest BCUT2D eigenvalue weighted by Gasteiger charge is 2.15. The first-order valence-electron chi connectivity index (χ1n) is 5.57. The van der Waals surface area contributed by atoms with Crippen molar-refractivity contribution < 1.29 is 4.79 Å². The van der Waals surface area contributed by atoms with Gasteiger partial charge in [-0.1, -0.05) is 18.2 Å². The molecule has 0 saturated heterocycles. The van der Waals surface area contributed by atoms with Gasteiger partial charge in [0.1, 0.15) is 0 Å². The van der Waals surface area contributed by atoms with Crippen molar-refractivity contribution in [1.29, 1.82) is 0 Å². The van der Waals surface area contributed by atoms with Crippen molar-refractivity contribution in [2.45, 2.75) is 31.7 Å². The molecule has 1 aliphatic carbocycles. The average molecular weight is 219 g/mol. The van der Waals surface area contributed by atoms with E-state index in [1.165, 1.54) is 17.5 Å². The van der Waals surface area contributed by atoms with Crippen LogP contribution in [0.2, 0.25) is 0 Å². The summed E-state index contributed by atoms with van der Waals surface area (Å²) < 4.78 is 0. The molecule has 16 heavy (non-hydrogen) atoms. The number of carbonyl (C=O) groups is 1. The first kappa shape index (κ1) is 11.1. The Balaban J connectivity index is 2.12. The zero-order valence-electron chi connectivity index (χ0n) is 9.20. The normalized spacial score (nSPS) is 15.6. The molecule has 0 radical (unpaired) electrons. The van der Waals surface area contributed by atoms with E-state index in [4.69, 9.17) is 11.6 Å². The van der Waals surface area contributed by atoms with Gasteiger partial charge < -0.3 is 5.73 Å². The van der Waals surface area contributed by atoms with Crippen molar-refractivity contribution in [1.82, 2.24) is 5.43 Å². The second-order valence-corrected chi connectivity index (χ2v) is 4.26. The minimum absolute atomic E-state index is 0.229. The van der Waals surface area contributed by atoms with Crippen LogP contribution < -0.4 is 17.0 Å². The molecule has 0 saturated carbocycles. The molecule has 4 nitrogen and oxygen atoms in total. The van der Waals surface area contributed by atoms with E-state index in [2.05, 4.69) is 17.6 Å². The summed E-state index contributed by atoms with van der Waals surface area (Å²) in [6.07, 6.45) is 3.74. The molecule has 0 bridgehead atoms. The fraction of sp³-hybridized carbons (Fsp3) is 0.417. The second-order valence-electron chi connectivity index (χ2n) is 4.26. The molecule has 0 aromatic heterocycles. The molecule has 1 aromatic rings. The smallest absolute Gasteiger partial charge is 0.235 e. The van der Waals surface area contributed by atoms with Gasteiger partial charge in [0.25, 0.3) is 0 Å². The summed E-state index contributed by atoms with van der Waals surface area (Å²) in [4.78, 5) is 11.1. The lowest BCUT2D eigenvalue weighted by atomic mass is 9.99. The maximum atomic E-state index is 11.1. The molecule has 4 heteroatoms. The van der Waals surface area contributed by atoms with Gasteiger partial charge in [-0.05, 0) is 36.0 Å². The van der Waals surface area contributed by atoms with E-state index in [-0.39, 0.29) is 18.4 Å². The number of fused-ring (bicyclic) bond motifs is 1. The SMILES string of the molecule is NNC(=O)CC(N)c1ccc2c(c1)CCC2. The summed E-state index contributed by atoms with van der Waals surface area (Å²) in [5, 5.41) is 0. The number of hydrazine groups is 1. The molecule has 1 unspecified atom stereocenters. The number of nitrogens with two attached hydrogens (primary N) is 2. The fourth-order valence-corrected chi connectivity index (χ4v) is 2.20. The fourth-order valence-electron chi connectivity index (χ4n) is 2.20. The number of hydrogen-bond acceptors (Lipinski definition) is 3. The van der Waals surface area contributed by atoms with Crippen LogP contribution in [0.1, 0.15) is 35.6 Å². The van der Waals surface area contributed by atoms with Gasteiger partial charge in [0.15, 0.2) is 0 Å². The van der Waals surface area contributed by atoms with Crippen molar-refractivity contribution in [2.24, 2.45) is 11.6 Å². The lowest BCUT2D eigenvalue weighted by molar-refractivity contribution is -0.121. The van der Waals surface area contributed by atoms with Crippen LogP contribution in [0.15, 0.2) is 18.2 Å². The predicted molar refractivity (Wildman–Crippen MR) is 62.3 cm³/mol. The van der Waals surface area contributed by atoms with Gasteiger partial charge in [0.2, 0.25) is 5.91 Å². The van der Waals surface area contributed by atoms with Crippen molar-refractivity contribution in [3.63, 3.8) is 0 Å². The third kappa shape index (κ3) is 2.23. The lowest BCUT2D eigenvalue weighted by Crippen LogP contribution is -2.32. The van der Waals surface area contributed by atoms with Crippen LogP contribution in [-0.4, -0.2) is 5.91 Å². The van der Waals surface area contributed by atoms with Crippen LogP contribution in [0.3, 0.4) is 0 Å². The third-order valence-electron chi connectivity index (χ3n) is 3.12. The molecule has 0 heterocycles. The van der Waals surface area contributed by atoms with Crippen LogP contribution in [0.25, 0.3) is 0 Å². The molecule has 2 rings (SSSR count). The molecule has 0 fully saturated rings. The minimum Gasteiger partial charge on any atom is -0.324 e. The van der Waals surface area contributed by atoms with E-state index in [9.17, 15) is 4.79 Å². The summed E-state index contributed by atoms with van der Waals surface area (Å²) in [5.74, 6) is 4.80. The number of rotatable bonds is 3. The van der Waals surface area contributed by atoms with Gasteiger partial charge >= 0.3 is 0 Å². The summed E-state index contributed by atoms with van der Waals surface area (Å²) in [6.45, 7) is 0. The number of benzene rings is 1. The Bertz CT molecular complexity index is 403. The van der Waals surface area contributed by atoms with Gasteiger partial charge in [-0.2, -0.15) is 0 Å². The highest BCUT2D eigenvalue weighted by molar-refractivity contribution is 5.76. The predicted octanol–water partition coefficient (Wildman–Crippen LogP) is 0.555. The van der Waals surface area contributed by atoms with Gasteiger partial charge in [-0.15, -0.1) is 0 Å². The highest BCUT2D eigenvalue weighted by Crippen LogP contribution is 2.25. The quantitative estimate of drug-likeness (QED) is 0.394. The number of amides is 1. The summed E-state index contributed by atoms with van der Waals surface area (Å²) in [7, 11) is 0. The van der Waals surface area contributed by atoms with E-state index in [0.717, 1.165) is 18.4 Å². The Hall–Kier alpha value is -1.39. The molecule has 1 aromatic carbocycles. The van der Waals surface area contributed by atoms with Gasteiger partial charge in [-0.3, -0.25) is 10.2 Å². The topological polar surface area (TPSA) is 81.1 Å². The Morgan fingerprint density at radius 3 is 2.88 bits per heavy atom. The van der Waals surface area contributed by atoms with Crippen LogP contribution in [0.5, 0.6) is 0 Å². The van der Waals surface area contributed by atoms with Gasteiger partial charge in [-0.25, -0.2) is 5.84 Å². The molecule has 86 valence electrons. The molecule has 0 aliphatic heterocycles. The van der Waals surface area contributed by atoms with Gasteiger partial charge in [0, 0.05) is 12.5 Å². The number of aryl methyl sites for hydroxylation is 2. The Kier molecular flexibility index (Phi) is 3.22. The molecule has 5 N–H and O–H groups in total. The molecule has 1 atom stereocenters. The van der Waals surface area contributed by atoms with Crippen LogP contribution in [0, 0.1) is 0 Å². The van der Waals surface area contributed by atoms with E-state index in [0.29, 0.717) is 0 Å². The van der Waals surface area contributed by atoms with E-state index < -0.39 is 0 Å². The largest absolute Gasteiger partial charge is 0.324 e. The lowest BCUT2D eigenvalue weighted by Gasteiger charge is -2.12. The standard InChI is InChI=1S/C12H17N3O/c13-11(7-12(16)15-14)10-5-4-8-2-1-3-9(8)6-10/h4-6,11H,1-3,7,13-14H2,(H,15,16). The van der Waals surface area contributed by atoms with Crippen molar-refractivity contribution in [3.8, 4) is 0 Å². The highest BCUT2D eigenvalue weighted by atomic mass is 16.2. The Morgan fingerprint density at radius 2 is 2.12 bits per heavy atom. The monoisotopic (exact) mass is 219 g/mol. The maximum Gasteiger partial charge on any atom is 0.235 e. The van der Waals surface area contributed by atoms with E-state index in [1.54, 1.807) is 0 Å². The van der Waals surface area contributed by atoms with Gasteiger partial charge in [0.05, 0.1) is 0 Å². The van der Waals surface area contributed by atoms with Crippen molar-refractivity contribution in [3.05, 3.63) is 34.9 Å². The Labute approximate surface area is 95.0 Å². The number of hydrogen-bond donors (Lipinski definition) is 3. The van der Waals surface area contributed by atoms with Crippen LogP contribution in [0.4, 0.5) is 0 Å². The molecule has 0 spiro atoms. The minimum atomic E-state index is -0.269. The van der Waals surface area contributed by atoms with E-state index in [1.807, 2.05) is 6.07 Å².